The minimum atomic E-state index is -0.458. The molecule has 1 unspecified atom stereocenters. The van der Waals surface area contributed by atoms with E-state index in [4.69, 9.17) is 9.37 Å². The molecule has 2 aromatic rings. The number of nitro benzene ring substituents is 1. The van der Waals surface area contributed by atoms with Crippen molar-refractivity contribution in [3.8, 4) is 0 Å². The van der Waals surface area contributed by atoms with Crippen molar-refractivity contribution in [2.45, 2.75) is 32.2 Å². The second-order valence-electron chi connectivity index (χ2n) is 7.73. The molecule has 0 amide bonds. The number of piperidine rings is 1. The first-order chi connectivity index (χ1) is 14.5. The number of hydrogen-bond acceptors (Lipinski definition) is 10. The Bertz CT molecular complexity index is 939. The summed E-state index contributed by atoms with van der Waals surface area (Å²) in [6.07, 6.45) is 2.48. The van der Waals surface area contributed by atoms with Gasteiger partial charge in [0.15, 0.2) is 5.52 Å². The highest BCUT2D eigenvalue weighted by Crippen LogP contribution is 2.42. The largest absolute Gasteiger partial charge is 0.464 e. The van der Waals surface area contributed by atoms with Crippen LogP contribution in [0.1, 0.15) is 26.2 Å². The fraction of sp³-hybridized carbons (Fsp3) is 0.632. The van der Waals surface area contributed by atoms with Gasteiger partial charge in [0, 0.05) is 32.7 Å². The molecule has 2 saturated heterocycles. The van der Waals surface area contributed by atoms with Gasteiger partial charge < -0.3 is 19.4 Å². The van der Waals surface area contributed by atoms with E-state index in [0.717, 1.165) is 25.9 Å². The molecular formula is C19H26N6O5. The van der Waals surface area contributed by atoms with Crippen LogP contribution in [0.2, 0.25) is 0 Å². The van der Waals surface area contributed by atoms with Crippen LogP contribution in [-0.2, 0) is 9.53 Å². The fourth-order valence-electron chi connectivity index (χ4n) is 4.29. The maximum absolute atomic E-state index is 12.6. The molecule has 4 rings (SSSR count). The summed E-state index contributed by atoms with van der Waals surface area (Å²) >= 11 is 0. The van der Waals surface area contributed by atoms with Crippen molar-refractivity contribution in [1.82, 2.24) is 15.2 Å². The molecule has 0 radical (unpaired) electrons. The van der Waals surface area contributed by atoms with Crippen molar-refractivity contribution >= 4 is 34.1 Å². The van der Waals surface area contributed by atoms with Gasteiger partial charge >= 0.3 is 11.7 Å². The molecule has 1 aromatic heterocycles. The summed E-state index contributed by atoms with van der Waals surface area (Å²) in [5.74, 6) is -0.290. The van der Waals surface area contributed by atoms with Crippen molar-refractivity contribution in [1.29, 1.82) is 0 Å². The molecule has 1 atom stereocenters. The van der Waals surface area contributed by atoms with E-state index in [1.165, 1.54) is 0 Å². The lowest BCUT2D eigenvalue weighted by Crippen LogP contribution is -2.46. The Morgan fingerprint density at radius 2 is 1.93 bits per heavy atom. The number of nitro groups is 1. The van der Waals surface area contributed by atoms with E-state index in [-0.39, 0.29) is 17.2 Å². The van der Waals surface area contributed by atoms with Gasteiger partial charge in [-0.2, -0.15) is 0 Å². The number of ether oxygens (including phenoxy) is 1. The van der Waals surface area contributed by atoms with E-state index in [9.17, 15) is 14.9 Å². The van der Waals surface area contributed by atoms with Gasteiger partial charge in [-0.15, -0.1) is 0 Å². The van der Waals surface area contributed by atoms with E-state index in [1.54, 1.807) is 13.0 Å². The average Bonchev–Trinajstić information content (AvgIpc) is 3.22. The Hall–Kier alpha value is -2.95. The molecule has 11 nitrogen and oxygen atoms in total. The van der Waals surface area contributed by atoms with Gasteiger partial charge in [0.1, 0.15) is 11.7 Å². The van der Waals surface area contributed by atoms with Crippen LogP contribution in [0.15, 0.2) is 10.7 Å². The van der Waals surface area contributed by atoms with Gasteiger partial charge in [0.2, 0.25) is 5.52 Å². The minimum Gasteiger partial charge on any atom is -0.464 e. The third-order valence-corrected chi connectivity index (χ3v) is 5.87. The predicted molar refractivity (Wildman–Crippen MR) is 110 cm³/mol. The third-order valence-electron chi connectivity index (χ3n) is 5.87. The molecule has 30 heavy (non-hydrogen) atoms. The molecule has 0 saturated carbocycles. The molecule has 0 N–H and O–H groups in total. The van der Waals surface area contributed by atoms with Crippen LogP contribution < -0.4 is 9.80 Å². The molecule has 162 valence electrons. The van der Waals surface area contributed by atoms with Crippen LogP contribution in [0.5, 0.6) is 0 Å². The monoisotopic (exact) mass is 418 g/mol. The van der Waals surface area contributed by atoms with Crippen LogP contribution in [0.4, 0.5) is 17.1 Å². The maximum atomic E-state index is 12.6. The van der Waals surface area contributed by atoms with Crippen molar-refractivity contribution in [2.24, 2.45) is 0 Å². The highest BCUT2D eigenvalue weighted by atomic mass is 16.6. The number of likely N-dealkylation sites (N-methyl/N-ethyl adjacent to an activating group) is 1. The fourth-order valence-corrected chi connectivity index (χ4v) is 4.29. The molecule has 0 spiro atoms. The van der Waals surface area contributed by atoms with Crippen molar-refractivity contribution in [3.63, 3.8) is 0 Å². The molecule has 0 bridgehead atoms. The number of carbonyl (C=O) groups excluding carboxylic acids is 1. The molecule has 2 aliphatic heterocycles. The number of rotatable bonds is 5. The average molecular weight is 418 g/mol. The SMILES string of the molecule is CCOC(=O)C1CCCCN1c1cc(N2CCN(C)CC2)c([N+](=O)[O-])c2nonc12. The summed E-state index contributed by atoms with van der Waals surface area (Å²) < 4.78 is 10.2. The Labute approximate surface area is 173 Å². The summed E-state index contributed by atoms with van der Waals surface area (Å²) in [5, 5.41) is 19.8. The van der Waals surface area contributed by atoms with Crippen LogP contribution in [0.3, 0.4) is 0 Å². The third kappa shape index (κ3) is 3.64. The Morgan fingerprint density at radius 1 is 1.20 bits per heavy atom. The molecule has 0 aliphatic carbocycles. The predicted octanol–water partition coefficient (Wildman–Crippen LogP) is 1.80. The number of hydrogen-bond donors (Lipinski definition) is 0. The van der Waals surface area contributed by atoms with E-state index in [2.05, 4.69) is 15.2 Å². The number of fused-ring (bicyclic) bond motifs is 1. The summed E-state index contributed by atoms with van der Waals surface area (Å²) in [6.45, 7) is 5.64. The number of esters is 1. The quantitative estimate of drug-likeness (QED) is 0.404. The molecule has 3 heterocycles. The van der Waals surface area contributed by atoms with Gasteiger partial charge in [0.25, 0.3) is 0 Å². The number of carbonyl (C=O) groups is 1. The zero-order valence-corrected chi connectivity index (χ0v) is 17.2. The molecular weight excluding hydrogens is 392 g/mol. The van der Waals surface area contributed by atoms with Crippen molar-refractivity contribution in [2.75, 3.05) is 56.2 Å². The van der Waals surface area contributed by atoms with Crippen LogP contribution in [-0.4, -0.2) is 78.5 Å². The number of piperazine rings is 1. The van der Waals surface area contributed by atoms with Crippen molar-refractivity contribution < 1.29 is 19.1 Å². The van der Waals surface area contributed by atoms with Gasteiger partial charge in [0.05, 0.1) is 17.2 Å². The lowest BCUT2D eigenvalue weighted by atomic mass is 10.00. The molecule has 1 aromatic carbocycles. The highest BCUT2D eigenvalue weighted by molar-refractivity contribution is 6.01. The van der Waals surface area contributed by atoms with Crippen molar-refractivity contribution in [3.05, 3.63) is 16.2 Å². The van der Waals surface area contributed by atoms with Gasteiger partial charge in [-0.3, -0.25) is 10.1 Å². The number of benzene rings is 1. The first kappa shape index (κ1) is 20.3. The molecule has 11 heteroatoms. The first-order valence-corrected chi connectivity index (χ1v) is 10.3. The summed E-state index contributed by atoms with van der Waals surface area (Å²) in [4.78, 5) is 30.3. The summed E-state index contributed by atoms with van der Waals surface area (Å²) in [6, 6.07) is 1.31. The number of anilines is 2. The van der Waals surface area contributed by atoms with Crippen LogP contribution in [0, 0.1) is 10.1 Å². The molecule has 2 fully saturated rings. The van der Waals surface area contributed by atoms with Crippen LogP contribution >= 0.6 is 0 Å². The zero-order chi connectivity index (χ0) is 21.3. The van der Waals surface area contributed by atoms with E-state index >= 15 is 0 Å². The van der Waals surface area contributed by atoms with Gasteiger partial charge in [-0.05, 0) is 49.6 Å². The van der Waals surface area contributed by atoms with E-state index in [0.29, 0.717) is 49.6 Å². The lowest BCUT2D eigenvalue weighted by Gasteiger charge is -2.37. The normalized spacial score (nSPS) is 20.5. The Kier molecular flexibility index (Phi) is 5.71. The second kappa shape index (κ2) is 8.42. The number of aromatic nitrogens is 2. The van der Waals surface area contributed by atoms with Crippen LogP contribution in [0.25, 0.3) is 11.0 Å². The van der Waals surface area contributed by atoms with E-state index in [1.807, 2.05) is 16.8 Å². The first-order valence-electron chi connectivity index (χ1n) is 10.3. The highest BCUT2D eigenvalue weighted by Gasteiger charge is 2.36. The lowest BCUT2D eigenvalue weighted by molar-refractivity contribution is -0.382. The zero-order valence-electron chi connectivity index (χ0n) is 17.2. The summed E-state index contributed by atoms with van der Waals surface area (Å²) in [7, 11) is 2.03. The Balaban J connectivity index is 1.83. The second-order valence-corrected chi connectivity index (χ2v) is 7.73. The smallest absolute Gasteiger partial charge is 0.328 e. The standard InChI is InChI=1S/C19H26N6O5/c1-3-29-19(26)13-6-4-5-7-24(13)14-12-15(23-10-8-22(2)9-11-23)18(25(27)28)17-16(14)20-30-21-17/h12-13H,3-11H2,1-2H3. The topological polar surface area (TPSA) is 118 Å². The summed E-state index contributed by atoms with van der Waals surface area (Å²) in [5.41, 5.74) is 1.42. The number of nitrogens with zero attached hydrogens (tertiary/aromatic N) is 6. The van der Waals surface area contributed by atoms with Gasteiger partial charge in [-0.1, -0.05) is 0 Å². The maximum Gasteiger partial charge on any atom is 0.328 e. The molecule has 2 aliphatic rings. The minimum absolute atomic E-state index is 0.107. The van der Waals surface area contributed by atoms with Gasteiger partial charge in [-0.25, -0.2) is 9.42 Å². The van der Waals surface area contributed by atoms with E-state index < -0.39 is 11.0 Å². The Morgan fingerprint density at radius 3 is 2.63 bits per heavy atom.